The zero-order valence-electron chi connectivity index (χ0n) is 14.7. The number of aromatic nitrogens is 1. The molecule has 3 aromatic rings. The van der Waals surface area contributed by atoms with Crippen LogP contribution in [0, 0.1) is 6.92 Å². The Morgan fingerprint density at radius 2 is 1.70 bits per heavy atom. The van der Waals surface area contributed by atoms with E-state index in [2.05, 4.69) is 15.0 Å². The molecule has 0 saturated carbocycles. The van der Waals surface area contributed by atoms with Crippen molar-refractivity contribution in [1.29, 1.82) is 0 Å². The lowest BCUT2D eigenvalue weighted by molar-refractivity contribution is 0.102. The molecular formula is C20H19N3O3S. The number of sulfonamides is 1. The summed E-state index contributed by atoms with van der Waals surface area (Å²) in [6.07, 6.45) is 3.22. The molecule has 0 bridgehead atoms. The molecule has 0 saturated heterocycles. The fraction of sp³-hybridized carbons (Fsp3) is 0.100. The van der Waals surface area contributed by atoms with Crippen molar-refractivity contribution in [3.05, 3.63) is 89.7 Å². The topological polar surface area (TPSA) is 88.2 Å². The van der Waals surface area contributed by atoms with Crippen molar-refractivity contribution in [1.82, 2.24) is 9.71 Å². The van der Waals surface area contributed by atoms with Gasteiger partial charge in [0.2, 0.25) is 10.0 Å². The summed E-state index contributed by atoms with van der Waals surface area (Å²) in [5.74, 6) is -0.300. The van der Waals surface area contributed by atoms with Crippen LogP contribution in [-0.4, -0.2) is 19.3 Å². The third-order valence-corrected chi connectivity index (χ3v) is 5.34. The number of rotatable bonds is 6. The van der Waals surface area contributed by atoms with Crippen molar-refractivity contribution < 1.29 is 13.2 Å². The summed E-state index contributed by atoms with van der Waals surface area (Å²) >= 11 is 0. The predicted molar refractivity (Wildman–Crippen MR) is 104 cm³/mol. The monoisotopic (exact) mass is 381 g/mol. The number of aryl methyl sites for hydroxylation is 1. The summed E-state index contributed by atoms with van der Waals surface area (Å²) in [7, 11) is -3.67. The van der Waals surface area contributed by atoms with Gasteiger partial charge in [0.15, 0.2) is 0 Å². The second kappa shape index (κ2) is 8.11. The average Bonchev–Trinajstić information content (AvgIpc) is 2.69. The van der Waals surface area contributed by atoms with Crippen LogP contribution < -0.4 is 10.0 Å². The van der Waals surface area contributed by atoms with Gasteiger partial charge in [-0.2, -0.15) is 0 Å². The molecule has 1 amide bonds. The van der Waals surface area contributed by atoms with E-state index >= 15 is 0 Å². The fourth-order valence-electron chi connectivity index (χ4n) is 2.39. The first-order chi connectivity index (χ1) is 12.9. The quantitative estimate of drug-likeness (QED) is 0.687. The number of amides is 1. The highest BCUT2D eigenvalue weighted by atomic mass is 32.2. The van der Waals surface area contributed by atoms with E-state index in [0.29, 0.717) is 11.3 Å². The molecule has 0 fully saturated rings. The lowest BCUT2D eigenvalue weighted by Crippen LogP contribution is -2.23. The van der Waals surface area contributed by atoms with E-state index in [-0.39, 0.29) is 17.3 Å². The Balaban J connectivity index is 1.66. The normalized spacial score (nSPS) is 11.1. The van der Waals surface area contributed by atoms with Crippen LogP contribution in [-0.2, 0) is 16.6 Å². The van der Waals surface area contributed by atoms with Crippen molar-refractivity contribution in [3.8, 4) is 0 Å². The van der Waals surface area contributed by atoms with Gasteiger partial charge in [0.25, 0.3) is 5.91 Å². The molecule has 1 heterocycles. The lowest BCUT2D eigenvalue weighted by Gasteiger charge is -2.08. The van der Waals surface area contributed by atoms with E-state index in [0.717, 1.165) is 11.1 Å². The van der Waals surface area contributed by atoms with Crippen molar-refractivity contribution in [2.24, 2.45) is 0 Å². The molecular weight excluding hydrogens is 362 g/mol. The number of nitrogens with zero attached hydrogens (tertiary/aromatic N) is 1. The van der Waals surface area contributed by atoms with E-state index in [1.807, 2.05) is 31.2 Å². The van der Waals surface area contributed by atoms with Gasteiger partial charge in [-0.25, -0.2) is 13.1 Å². The molecule has 2 aromatic carbocycles. The predicted octanol–water partition coefficient (Wildman–Crippen LogP) is 3.12. The third-order valence-electron chi connectivity index (χ3n) is 3.93. The van der Waals surface area contributed by atoms with E-state index in [4.69, 9.17) is 0 Å². The van der Waals surface area contributed by atoms with Gasteiger partial charge in [0, 0.05) is 30.2 Å². The highest BCUT2D eigenvalue weighted by Gasteiger charge is 2.15. The summed E-state index contributed by atoms with van der Waals surface area (Å²) in [4.78, 5) is 16.3. The Hall–Kier alpha value is -3.03. The number of carbonyl (C=O) groups excluding carboxylic acids is 1. The number of nitrogens with one attached hydrogen (secondary N) is 2. The van der Waals surface area contributed by atoms with Crippen LogP contribution in [0.5, 0.6) is 0 Å². The van der Waals surface area contributed by atoms with Crippen LogP contribution >= 0.6 is 0 Å². The molecule has 138 valence electrons. The van der Waals surface area contributed by atoms with Crippen LogP contribution in [0.2, 0.25) is 0 Å². The van der Waals surface area contributed by atoms with E-state index in [1.54, 1.807) is 24.5 Å². The van der Waals surface area contributed by atoms with Gasteiger partial charge in [0.05, 0.1) is 4.90 Å². The molecule has 0 atom stereocenters. The maximum Gasteiger partial charge on any atom is 0.255 e. The smallest absolute Gasteiger partial charge is 0.255 e. The number of anilines is 1. The van der Waals surface area contributed by atoms with Crippen LogP contribution in [0.3, 0.4) is 0 Å². The first-order valence-electron chi connectivity index (χ1n) is 8.31. The van der Waals surface area contributed by atoms with Gasteiger partial charge in [-0.3, -0.25) is 9.78 Å². The Morgan fingerprint density at radius 1 is 1.00 bits per heavy atom. The maximum atomic E-state index is 12.4. The summed E-state index contributed by atoms with van der Waals surface area (Å²) in [6.45, 7) is 2.11. The molecule has 0 aliphatic heterocycles. The molecule has 0 radical (unpaired) electrons. The molecule has 0 spiro atoms. The Labute approximate surface area is 158 Å². The summed E-state index contributed by atoms with van der Waals surface area (Å²) < 4.78 is 27.3. The first kappa shape index (κ1) is 18.8. The SMILES string of the molecule is Cc1ccc(NC(=O)c2ccc(S(=O)(=O)NCc3cccnc3)cc2)cc1. The second-order valence-corrected chi connectivity index (χ2v) is 7.80. The van der Waals surface area contributed by atoms with Crippen molar-refractivity contribution >= 4 is 21.6 Å². The minimum atomic E-state index is -3.67. The number of hydrogen-bond donors (Lipinski definition) is 2. The molecule has 3 rings (SSSR count). The van der Waals surface area contributed by atoms with Crippen molar-refractivity contribution in [2.45, 2.75) is 18.4 Å². The molecule has 0 aliphatic carbocycles. The molecule has 2 N–H and O–H groups in total. The Kier molecular flexibility index (Phi) is 5.63. The van der Waals surface area contributed by atoms with Crippen LogP contribution in [0.25, 0.3) is 0 Å². The van der Waals surface area contributed by atoms with Crippen LogP contribution in [0.15, 0.2) is 78.0 Å². The Morgan fingerprint density at radius 3 is 2.33 bits per heavy atom. The van der Waals surface area contributed by atoms with E-state index in [9.17, 15) is 13.2 Å². The van der Waals surface area contributed by atoms with Crippen LogP contribution in [0.1, 0.15) is 21.5 Å². The maximum absolute atomic E-state index is 12.4. The second-order valence-electron chi connectivity index (χ2n) is 6.03. The number of carbonyl (C=O) groups is 1. The molecule has 0 unspecified atom stereocenters. The summed E-state index contributed by atoms with van der Waals surface area (Å²) in [6, 6.07) is 16.8. The Bertz CT molecular complexity index is 1020. The molecule has 27 heavy (non-hydrogen) atoms. The number of pyridine rings is 1. The van der Waals surface area contributed by atoms with Gasteiger partial charge in [-0.1, -0.05) is 23.8 Å². The fourth-order valence-corrected chi connectivity index (χ4v) is 3.41. The summed E-state index contributed by atoms with van der Waals surface area (Å²) in [5.41, 5.74) is 2.92. The standard InChI is InChI=1S/C20H19N3O3S/c1-15-4-8-18(9-5-15)23-20(24)17-6-10-19(11-7-17)27(25,26)22-14-16-3-2-12-21-13-16/h2-13,22H,14H2,1H3,(H,23,24). The first-order valence-corrected chi connectivity index (χ1v) is 9.79. The van der Waals surface area contributed by atoms with Crippen LogP contribution in [0.4, 0.5) is 5.69 Å². The molecule has 1 aromatic heterocycles. The highest BCUT2D eigenvalue weighted by Crippen LogP contribution is 2.14. The zero-order valence-corrected chi connectivity index (χ0v) is 15.5. The van der Waals surface area contributed by atoms with E-state index < -0.39 is 10.0 Å². The molecule has 7 heteroatoms. The zero-order chi connectivity index (χ0) is 19.3. The van der Waals surface area contributed by atoms with Gasteiger partial charge < -0.3 is 5.32 Å². The van der Waals surface area contributed by atoms with Gasteiger partial charge in [0.1, 0.15) is 0 Å². The average molecular weight is 381 g/mol. The lowest BCUT2D eigenvalue weighted by atomic mass is 10.2. The van der Waals surface area contributed by atoms with Gasteiger partial charge in [-0.05, 0) is 55.0 Å². The van der Waals surface area contributed by atoms with Gasteiger partial charge in [-0.15, -0.1) is 0 Å². The molecule has 0 aliphatic rings. The minimum absolute atomic E-state index is 0.0956. The third kappa shape index (κ3) is 4.99. The van der Waals surface area contributed by atoms with Crippen molar-refractivity contribution in [3.63, 3.8) is 0 Å². The van der Waals surface area contributed by atoms with Crippen molar-refractivity contribution in [2.75, 3.05) is 5.32 Å². The number of benzene rings is 2. The number of hydrogen-bond acceptors (Lipinski definition) is 4. The largest absolute Gasteiger partial charge is 0.322 e. The van der Waals surface area contributed by atoms with Gasteiger partial charge >= 0.3 is 0 Å². The molecule has 6 nitrogen and oxygen atoms in total. The summed E-state index contributed by atoms with van der Waals surface area (Å²) in [5, 5.41) is 2.78. The minimum Gasteiger partial charge on any atom is -0.322 e. The highest BCUT2D eigenvalue weighted by molar-refractivity contribution is 7.89. The van der Waals surface area contributed by atoms with E-state index in [1.165, 1.54) is 24.3 Å².